The topological polar surface area (TPSA) is 79.2 Å². The normalized spacial score (nSPS) is 52.8. The first-order valence-electron chi connectivity index (χ1n) is 4.28. The van der Waals surface area contributed by atoms with Crippen molar-refractivity contribution >= 4 is 0 Å². The summed E-state index contributed by atoms with van der Waals surface area (Å²) in [5.74, 6) is -1.31. The molecule has 0 saturated carbocycles. The van der Waals surface area contributed by atoms with E-state index < -0.39 is 36.3 Å². The fraction of sp³-hybridized carbons (Fsp3) is 1.00. The van der Waals surface area contributed by atoms with Gasteiger partial charge in [-0.25, -0.2) is 0 Å². The molecule has 3 rings (SSSR count). The van der Waals surface area contributed by atoms with E-state index in [9.17, 15) is 10.2 Å². The van der Waals surface area contributed by atoms with Gasteiger partial charge in [0, 0.05) is 0 Å². The number of aliphatic hydroxyl groups excluding tert-OH is 3. The molecule has 3 heterocycles. The molecule has 0 aromatic heterocycles. The Morgan fingerprint density at radius 1 is 1.23 bits per heavy atom. The second-order valence-electron chi connectivity index (χ2n) is 4.15. The van der Waals surface area contributed by atoms with Crippen LogP contribution in [-0.2, 0) is 9.47 Å². The van der Waals surface area contributed by atoms with Crippen molar-refractivity contribution in [2.24, 2.45) is 0 Å². The summed E-state index contributed by atoms with van der Waals surface area (Å²) in [6.45, 7) is 2.99. The van der Waals surface area contributed by atoms with Gasteiger partial charge in [-0.05, 0) is 13.8 Å². The molecule has 0 amide bonds. The lowest BCUT2D eigenvalue weighted by Gasteiger charge is -2.61. The SMILES string of the molecule is CC1(C)OC2(CO)O[C@@H](C1O)[C@@H]2O. The minimum absolute atomic E-state index is 0.402. The summed E-state index contributed by atoms with van der Waals surface area (Å²) in [6, 6.07) is 0. The molecule has 3 fully saturated rings. The molecule has 2 bridgehead atoms. The van der Waals surface area contributed by atoms with E-state index in [1.807, 2.05) is 0 Å². The molecule has 0 aliphatic carbocycles. The third kappa shape index (κ3) is 0.992. The maximum absolute atomic E-state index is 9.63. The van der Waals surface area contributed by atoms with Crippen LogP contribution in [0.2, 0.25) is 0 Å². The lowest BCUT2D eigenvalue weighted by atomic mass is 9.81. The van der Waals surface area contributed by atoms with Crippen molar-refractivity contribution in [2.75, 3.05) is 6.61 Å². The van der Waals surface area contributed by atoms with Gasteiger partial charge in [0.2, 0.25) is 5.79 Å². The van der Waals surface area contributed by atoms with Gasteiger partial charge in [0.1, 0.15) is 24.9 Å². The first-order valence-corrected chi connectivity index (χ1v) is 4.28. The maximum atomic E-state index is 9.63. The Balaban J connectivity index is 2.23. The molecule has 0 spiro atoms. The summed E-state index contributed by atoms with van der Waals surface area (Å²) in [5, 5.41) is 28.1. The van der Waals surface area contributed by atoms with E-state index in [1.54, 1.807) is 13.8 Å². The van der Waals surface area contributed by atoms with Crippen molar-refractivity contribution in [3.63, 3.8) is 0 Å². The fourth-order valence-electron chi connectivity index (χ4n) is 1.93. The predicted molar refractivity (Wildman–Crippen MR) is 41.9 cm³/mol. The van der Waals surface area contributed by atoms with Crippen LogP contribution in [-0.4, -0.2) is 51.6 Å². The van der Waals surface area contributed by atoms with Crippen LogP contribution in [0.15, 0.2) is 0 Å². The minimum Gasteiger partial charge on any atom is -0.391 e. The minimum atomic E-state index is -1.31. The van der Waals surface area contributed by atoms with Crippen molar-refractivity contribution in [2.45, 2.75) is 43.5 Å². The van der Waals surface area contributed by atoms with E-state index in [1.165, 1.54) is 0 Å². The lowest BCUT2D eigenvalue weighted by molar-refractivity contribution is -0.490. The molecule has 3 N–H and O–H groups in total. The second-order valence-corrected chi connectivity index (χ2v) is 4.15. The largest absolute Gasteiger partial charge is 0.391 e. The van der Waals surface area contributed by atoms with Gasteiger partial charge < -0.3 is 24.8 Å². The van der Waals surface area contributed by atoms with Crippen LogP contribution in [0.1, 0.15) is 13.8 Å². The molecule has 5 nitrogen and oxygen atoms in total. The van der Waals surface area contributed by atoms with Gasteiger partial charge in [0.25, 0.3) is 0 Å². The van der Waals surface area contributed by atoms with E-state index in [0.29, 0.717) is 0 Å². The Morgan fingerprint density at radius 2 is 1.85 bits per heavy atom. The zero-order valence-corrected chi connectivity index (χ0v) is 7.60. The molecule has 76 valence electrons. The molecule has 3 aliphatic heterocycles. The number of hydrogen-bond donors (Lipinski definition) is 3. The average Bonchev–Trinajstić information content (AvgIpc) is 2.07. The van der Waals surface area contributed by atoms with Gasteiger partial charge >= 0.3 is 0 Å². The van der Waals surface area contributed by atoms with Gasteiger partial charge in [-0.3, -0.25) is 0 Å². The monoisotopic (exact) mass is 190 g/mol. The van der Waals surface area contributed by atoms with Gasteiger partial charge in [-0.15, -0.1) is 0 Å². The summed E-state index contributed by atoms with van der Waals surface area (Å²) >= 11 is 0. The highest BCUT2D eigenvalue weighted by Crippen LogP contribution is 2.47. The average molecular weight is 190 g/mol. The molecule has 5 heteroatoms. The fourth-order valence-corrected chi connectivity index (χ4v) is 1.93. The Hall–Kier alpha value is -0.200. The van der Waals surface area contributed by atoms with E-state index in [0.717, 1.165) is 0 Å². The summed E-state index contributed by atoms with van der Waals surface area (Å²) in [6.07, 6.45) is -2.45. The molecule has 0 aromatic rings. The van der Waals surface area contributed by atoms with Crippen molar-refractivity contribution < 1.29 is 24.8 Å². The summed E-state index contributed by atoms with van der Waals surface area (Å²) in [7, 11) is 0. The standard InChI is InChI=1S/C8H14O5/c1-7(2)5(10)4-6(11)8(3-9,12-4)13-7/h4-6,9-11H,3H2,1-2H3/t4-,5?,6-,8?/m0/s1. The second kappa shape index (κ2) is 2.43. The van der Waals surface area contributed by atoms with E-state index in [-0.39, 0.29) is 0 Å². The summed E-state index contributed by atoms with van der Waals surface area (Å²) in [4.78, 5) is 0. The van der Waals surface area contributed by atoms with Crippen LogP contribution in [0.3, 0.4) is 0 Å². The van der Waals surface area contributed by atoms with Crippen molar-refractivity contribution in [1.29, 1.82) is 0 Å². The van der Waals surface area contributed by atoms with Gasteiger partial charge in [0.05, 0.1) is 5.60 Å². The van der Waals surface area contributed by atoms with Gasteiger partial charge in [-0.1, -0.05) is 0 Å². The predicted octanol–water partition coefficient (Wildman–Crippen LogP) is -1.40. The molecule has 0 radical (unpaired) electrons. The molecule has 3 aliphatic rings. The Kier molecular flexibility index (Phi) is 1.75. The molecule has 3 saturated heterocycles. The smallest absolute Gasteiger partial charge is 0.222 e. The third-order valence-corrected chi connectivity index (χ3v) is 2.78. The van der Waals surface area contributed by atoms with Crippen LogP contribution < -0.4 is 0 Å². The first kappa shape index (κ1) is 9.36. The summed E-state index contributed by atoms with van der Waals surface area (Å²) < 4.78 is 10.4. The maximum Gasteiger partial charge on any atom is 0.222 e. The van der Waals surface area contributed by atoms with Gasteiger partial charge in [0.15, 0.2) is 0 Å². The van der Waals surface area contributed by atoms with Crippen LogP contribution in [0.4, 0.5) is 0 Å². The number of fused-ring (bicyclic) bond motifs is 2. The Morgan fingerprint density at radius 3 is 2.31 bits per heavy atom. The number of rotatable bonds is 1. The van der Waals surface area contributed by atoms with Crippen molar-refractivity contribution in [1.82, 2.24) is 0 Å². The summed E-state index contributed by atoms with van der Waals surface area (Å²) in [5.41, 5.74) is -0.787. The van der Waals surface area contributed by atoms with Gasteiger partial charge in [-0.2, -0.15) is 0 Å². The Bertz CT molecular complexity index is 229. The highest BCUT2D eigenvalue weighted by molar-refractivity contribution is 5.09. The zero-order chi connectivity index (χ0) is 9.85. The van der Waals surface area contributed by atoms with E-state index >= 15 is 0 Å². The molecular weight excluding hydrogens is 176 g/mol. The highest BCUT2D eigenvalue weighted by Gasteiger charge is 2.67. The van der Waals surface area contributed by atoms with Crippen LogP contribution in [0.25, 0.3) is 0 Å². The van der Waals surface area contributed by atoms with Crippen LogP contribution in [0.5, 0.6) is 0 Å². The van der Waals surface area contributed by atoms with Crippen LogP contribution in [0, 0.1) is 0 Å². The Labute approximate surface area is 75.9 Å². The third-order valence-electron chi connectivity index (χ3n) is 2.78. The van der Waals surface area contributed by atoms with Crippen molar-refractivity contribution in [3.8, 4) is 0 Å². The van der Waals surface area contributed by atoms with E-state index in [2.05, 4.69) is 0 Å². The molecular formula is C8H14O5. The zero-order valence-electron chi connectivity index (χ0n) is 7.60. The van der Waals surface area contributed by atoms with Crippen molar-refractivity contribution in [3.05, 3.63) is 0 Å². The molecule has 13 heavy (non-hydrogen) atoms. The lowest BCUT2D eigenvalue weighted by Crippen LogP contribution is -2.80. The highest BCUT2D eigenvalue weighted by atomic mass is 16.8. The first-order chi connectivity index (χ1) is 5.93. The number of aliphatic hydroxyl groups is 3. The molecule has 2 unspecified atom stereocenters. The number of ether oxygens (including phenoxy) is 2. The van der Waals surface area contributed by atoms with Crippen LogP contribution >= 0.6 is 0 Å². The molecule has 0 aromatic carbocycles. The van der Waals surface area contributed by atoms with E-state index in [4.69, 9.17) is 14.6 Å². The molecule has 4 atom stereocenters. The quantitative estimate of drug-likeness (QED) is 0.474. The number of hydrogen-bond acceptors (Lipinski definition) is 5.